The fourth-order valence-corrected chi connectivity index (χ4v) is 2.24. The molecule has 19 heavy (non-hydrogen) atoms. The predicted molar refractivity (Wildman–Crippen MR) is 76.3 cm³/mol. The van der Waals surface area contributed by atoms with Crippen molar-refractivity contribution in [3.63, 3.8) is 0 Å². The van der Waals surface area contributed by atoms with Crippen molar-refractivity contribution in [2.24, 2.45) is 0 Å². The molecule has 1 unspecified atom stereocenters. The Balaban J connectivity index is 1.73. The highest BCUT2D eigenvalue weighted by atomic mass is 16.5. The van der Waals surface area contributed by atoms with Crippen LogP contribution in [0.5, 0.6) is 0 Å². The van der Waals surface area contributed by atoms with Crippen LogP contribution in [0.25, 0.3) is 0 Å². The summed E-state index contributed by atoms with van der Waals surface area (Å²) >= 11 is 0. The first kappa shape index (κ1) is 13.9. The third-order valence-corrected chi connectivity index (χ3v) is 3.12. The summed E-state index contributed by atoms with van der Waals surface area (Å²) in [4.78, 5) is 11.5. The predicted octanol–water partition coefficient (Wildman–Crippen LogP) is 1.95. The van der Waals surface area contributed by atoms with Gasteiger partial charge < -0.3 is 15.4 Å². The van der Waals surface area contributed by atoms with E-state index < -0.39 is 0 Å². The van der Waals surface area contributed by atoms with Gasteiger partial charge in [-0.3, -0.25) is 4.79 Å². The highest BCUT2D eigenvalue weighted by Gasteiger charge is 2.18. The lowest BCUT2D eigenvalue weighted by molar-refractivity contribution is -0.123. The molecule has 1 heterocycles. The molecule has 1 atom stereocenters. The van der Waals surface area contributed by atoms with Gasteiger partial charge in [0.1, 0.15) is 0 Å². The monoisotopic (exact) mass is 262 g/mol. The van der Waals surface area contributed by atoms with Gasteiger partial charge in [0.05, 0.1) is 12.7 Å². The van der Waals surface area contributed by atoms with Crippen LogP contribution in [0, 0.1) is 0 Å². The van der Waals surface area contributed by atoms with Crippen molar-refractivity contribution >= 4 is 11.6 Å². The zero-order valence-corrected chi connectivity index (χ0v) is 11.6. The third kappa shape index (κ3) is 4.24. The lowest BCUT2D eigenvalue weighted by atomic mass is 10.0. The van der Waals surface area contributed by atoms with Crippen LogP contribution < -0.4 is 10.6 Å². The van der Waals surface area contributed by atoms with Crippen molar-refractivity contribution in [1.29, 1.82) is 0 Å². The molecule has 0 spiro atoms. The Kier molecular flexibility index (Phi) is 4.80. The summed E-state index contributed by atoms with van der Waals surface area (Å²) in [6.45, 7) is 5.21. The summed E-state index contributed by atoms with van der Waals surface area (Å²) in [7, 11) is 0. The number of anilines is 1. The van der Waals surface area contributed by atoms with Gasteiger partial charge in [-0.05, 0) is 25.5 Å². The van der Waals surface area contributed by atoms with Crippen LogP contribution in [0.3, 0.4) is 0 Å². The zero-order valence-electron chi connectivity index (χ0n) is 11.6. The second-order valence-electron chi connectivity index (χ2n) is 5.21. The first-order valence-corrected chi connectivity index (χ1v) is 6.88. The van der Waals surface area contributed by atoms with Gasteiger partial charge in [-0.1, -0.05) is 18.2 Å². The molecule has 0 aliphatic carbocycles. The van der Waals surface area contributed by atoms with Crippen molar-refractivity contribution in [2.45, 2.75) is 38.8 Å². The van der Waals surface area contributed by atoms with E-state index in [4.69, 9.17) is 4.74 Å². The van der Waals surface area contributed by atoms with E-state index in [1.165, 1.54) is 11.3 Å². The number of carbonyl (C=O) groups is 1. The molecular formula is C15H22N2O2. The van der Waals surface area contributed by atoms with Crippen LogP contribution in [0.15, 0.2) is 24.3 Å². The molecule has 1 aromatic carbocycles. The van der Waals surface area contributed by atoms with Crippen molar-refractivity contribution in [3.05, 3.63) is 29.8 Å². The largest absolute Gasteiger partial charge is 0.382 e. The van der Waals surface area contributed by atoms with Crippen molar-refractivity contribution < 1.29 is 9.53 Å². The molecule has 1 aromatic rings. The Bertz CT molecular complexity index is 432. The Labute approximate surface area is 114 Å². The van der Waals surface area contributed by atoms with Gasteiger partial charge in [0.25, 0.3) is 0 Å². The fourth-order valence-electron chi connectivity index (χ4n) is 2.24. The van der Waals surface area contributed by atoms with Gasteiger partial charge in [0, 0.05) is 31.1 Å². The smallest absolute Gasteiger partial charge is 0.222 e. The molecule has 0 fully saturated rings. The number of carbonyl (C=O) groups excluding carboxylic acids is 1. The van der Waals surface area contributed by atoms with E-state index in [-0.39, 0.29) is 18.1 Å². The highest BCUT2D eigenvalue weighted by molar-refractivity contribution is 5.76. The molecule has 4 heteroatoms. The van der Waals surface area contributed by atoms with Gasteiger partial charge >= 0.3 is 0 Å². The molecule has 2 N–H and O–H groups in total. The summed E-state index contributed by atoms with van der Waals surface area (Å²) in [6.07, 6.45) is 1.49. The third-order valence-electron chi connectivity index (χ3n) is 3.12. The van der Waals surface area contributed by atoms with E-state index in [2.05, 4.69) is 22.8 Å². The molecular weight excluding hydrogens is 240 g/mol. The van der Waals surface area contributed by atoms with Crippen LogP contribution in [0.4, 0.5) is 5.69 Å². The van der Waals surface area contributed by atoms with Gasteiger partial charge in [0.2, 0.25) is 5.91 Å². The van der Waals surface area contributed by atoms with Gasteiger partial charge in [-0.15, -0.1) is 0 Å². The molecule has 0 bridgehead atoms. The zero-order chi connectivity index (χ0) is 13.7. The standard InChI is InChI=1S/C15H22N2O2/c1-11(2)17-15(18)7-8-19-13-9-12-5-3-4-6-14(12)16-10-13/h3-6,11,13,16H,7-10H2,1-2H3,(H,17,18). The van der Waals surface area contributed by atoms with Crippen LogP contribution in [0.2, 0.25) is 0 Å². The topological polar surface area (TPSA) is 50.4 Å². The molecule has 0 aromatic heterocycles. The Morgan fingerprint density at radius 2 is 2.26 bits per heavy atom. The van der Waals surface area contributed by atoms with Gasteiger partial charge in [-0.25, -0.2) is 0 Å². The van der Waals surface area contributed by atoms with E-state index in [0.29, 0.717) is 13.0 Å². The van der Waals surface area contributed by atoms with E-state index >= 15 is 0 Å². The molecule has 2 rings (SSSR count). The molecule has 0 saturated carbocycles. The van der Waals surface area contributed by atoms with E-state index in [1.54, 1.807) is 0 Å². The van der Waals surface area contributed by atoms with Crippen molar-refractivity contribution in [3.8, 4) is 0 Å². The average Bonchev–Trinajstić information content (AvgIpc) is 2.37. The summed E-state index contributed by atoms with van der Waals surface area (Å²) in [5.74, 6) is 0.0548. The van der Waals surface area contributed by atoms with Crippen molar-refractivity contribution in [1.82, 2.24) is 5.32 Å². The quantitative estimate of drug-likeness (QED) is 0.853. The van der Waals surface area contributed by atoms with E-state index in [1.807, 2.05) is 26.0 Å². The minimum atomic E-state index is 0.0548. The number of para-hydroxylation sites is 1. The maximum absolute atomic E-state index is 11.5. The summed E-state index contributed by atoms with van der Waals surface area (Å²) in [6, 6.07) is 8.46. The number of amides is 1. The maximum Gasteiger partial charge on any atom is 0.222 e. The second-order valence-corrected chi connectivity index (χ2v) is 5.21. The molecule has 1 aliphatic rings. The molecule has 0 saturated heterocycles. The van der Waals surface area contributed by atoms with Crippen LogP contribution in [0.1, 0.15) is 25.8 Å². The SMILES string of the molecule is CC(C)NC(=O)CCOC1CNc2ccccc2C1. The first-order chi connectivity index (χ1) is 9.15. The van der Waals surface area contributed by atoms with Crippen molar-refractivity contribution in [2.75, 3.05) is 18.5 Å². The Morgan fingerprint density at radius 1 is 1.47 bits per heavy atom. The second kappa shape index (κ2) is 6.57. The van der Waals surface area contributed by atoms with E-state index in [0.717, 1.165) is 13.0 Å². The summed E-state index contributed by atoms with van der Waals surface area (Å²) < 4.78 is 5.77. The van der Waals surface area contributed by atoms with Gasteiger partial charge in [0.15, 0.2) is 0 Å². The number of rotatable bonds is 5. The van der Waals surface area contributed by atoms with Crippen LogP contribution >= 0.6 is 0 Å². The average molecular weight is 262 g/mol. The number of hydrogen-bond donors (Lipinski definition) is 2. The molecule has 104 valence electrons. The Morgan fingerprint density at radius 3 is 3.05 bits per heavy atom. The number of ether oxygens (including phenoxy) is 1. The summed E-state index contributed by atoms with van der Waals surface area (Å²) in [5, 5.41) is 6.22. The number of hydrogen-bond acceptors (Lipinski definition) is 3. The molecule has 4 nitrogen and oxygen atoms in total. The maximum atomic E-state index is 11.5. The molecule has 1 amide bonds. The van der Waals surface area contributed by atoms with E-state index in [9.17, 15) is 4.79 Å². The van der Waals surface area contributed by atoms with Crippen LogP contribution in [-0.4, -0.2) is 31.2 Å². The minimum Gasteiger partial charge on any atom is -0.382 e. The summed E-state index contributed by atoms with van der Waals surface area (Å²) in [5.41, 5.74) is 2.48. The first-order valence-electron chi connectivity index (χ1n) is 6.88. The number of benzene rings is 1. The lowest BCUT2D eigenvalue weighted by Crippen LogP contribution is -2.33. The highest BCUT2D eigenvalue weighted by Crippen LogP contribution is 2.22. The fraction of sp³-hybridized carbons (Fsp3) is 0.533. The molecule has 1 aliphatic heterocycles. The Hall–Kier alpha value is -1.55. The minimum absolute atomic E-state index is 0.0548. The molecule has 0 radical (unpaired) electrons. The normalized spacial score (nSPS) is 17.7. The van der Waals surface area contributed by atoms with Crippen LogP contribution in [-0.2, 0) is 16.0 Å². The van der Waals surface area contributed by atoms with Gasteiger partial charge in [-0.2, -0.15) is 0 Å². The number of nitrogens with one attached hydrogen (secondary N) is 2. The number of fused-ring (bicyclic) bond motifs is 1. The lowest BCUT2D eigenvalue weighted by Gasteiger charge is -2.26.